The van der Waals surface area contributed by atoms with Crippen LogP contribution in [-0.2, 0) is 0 Å². The van der Waals surface area contributed by atoms with Crippen LogP contribution < -0.4 is 9.47 Å². The van der Waals surface area contributed by atoms with Crippen molar-refractivity contribution in [2.75, 3.05) is 14.2 Å². The summed E-state index contributed by atoms with van der Waals surface area (Å²) in [5.41, 5.74) is 0.847. The van der Waals surface area contributed by atoms with Crippen molar-refractivity contribution >= 4 is 0 Å². The van der Waals surface area contributed by atoms with Gasteiger partial charge in [0, 0.05) is 5.92 Å². The Kier molecular flexibility index (Phi) is 2.66. The number of para-hydroxylation sites is 1. The molecule has 0 bridgehead atoms. The van der Waals surface area contributed by atoms with Gasteiger partial charge in [0.2, 0.25) is 0 Å². The van der Waals surface area contributed by atoms with Crippen molar-refractivity contribution in [2.45, 2.75) is 18.8 Å². The number of aromatic amines is 1. The first-order valence-electron chi connectivity index (χ1n) is 5.97. The van der Waals surface area contributed by atoms with Crippen molar-refractivity contribution in [1.82, 2.24) is 15.2 Å². The molecule has 18 heavy (non-hydrogen) atoms. The molecule has 0 spiro atoms. The van der Waals surface area contributed by atoms with Gasteiger partial charge >= 0.3 is 0 Å². The normalized spacial score (nSPS) is 14.6. The van der Waals surface area contributed by atoms with Crippen LogP contribution in [0.15, 0.2) is 18.2 Å². The molecule has 1 N–H and O–H groups in total. The highest BCUT2D eigenvalue weighted by atomic mass is 16.5. The second-order valence-corrected chi connectivity index (χ2v) is 4.36. The largest absolute Gasteiger partial charge is 0.493 e. The molecule has 0 atom stereocenters. The zero-order valence-electron chi connectivity index (χ0n) is 10.4. The van der Waals surface area contributed by atoms with E-state index >= 15 is 0 Å². The van der Waals surface area contributed by atoms with E-state index < -0.39 is 0 Å². The SMILES string of the molecule is COc1cccc(-c2n[nH]c(C3CC3)n2)c1OC. The molecule has 5 nitrogen and oxygen atoms in total. The molecule has 2 aromatic rings. The summed E-state index contributed by atoms with van der Waals surface area (Å²) in [7, 11) is 3.24. The van der Waals surface area contributed by atoms with E-state index in [0.29, 0.717) is 23.2 Å². The number of methoxy groups -OCH3 is 2. The fraction of sp³-hybridized carbons (Fsp3) is 0.385. The van der Waals surface area contributed by atoms with E-state index in [1.807, 2.05) is 18.2 Å². The lowest BCUT2D eigenvalue weighted by Crippen LogP contribution is -1.94. The summed E-state index contributed by atoms with van der Waals surface area (Å²) in [4.78, 5) is 4.52. The smallest absolute Gasteiger partial charge is 0.185 e. The molecular formula is C13H15N3O2. The van der Waals surface area contributed by atoms with Crippen molar-refractivity contribution in [1.29, 1.82) is 0 Å². The number of aromatic nitrogens is 3. The van der Waals surface area contributed by atoms with Crippen molar-refractivity contribution in [3.63, 3.8) is 0 Å². The minimum atomic E-state index is 0.558. The summed E-state index contributed by atoms with van der Waals surface area (Å²) in [5.74, 6) is 3.54. The molecule has 0 radical (unpaired) electrons. The third-order valence-corrected chi connectivity index (χ3v) is 3.11. The van der Waals surface area contributed by atoms with E-state index in [1.165, 1.54) is 12.8 Å². The number of hydrogen-bond acceptors (Lipinski definition) is 4. The van der Waals surface area contributed by atoms with Gasteiger partial charge in [0.1, 0.15) is 5.82 Å². The number of benzene rings is 1. The molecule has 1 saturated carbocycles. The summed E-state index contributed by atoms with van der Waals surface area (Å²) in [5, 5.41) is 7.26. The summed E-state index contributed by atoms with van der Waals surface area (Å²) in [6.07, 6.45) is 2.40. The molecule has 5 heteroatoms. The standard InChI is InChI=1S/C13H15N3O2/c1-17-10-5-3-4-9(11(10)18-2)13-14-12(15-16-13)8-6-7-8/h3-5,8H,6-7H2,1-2H3,(H,14,15,16). The van der Waals surface area contributed by atoms with Crippen LogP contribution in [0.25, 0.3) is 11.4 Å². The van der Waals surface area contributed by atoms with E-state index in [1.54, 1.807) is 14.2 Å². The van der Waals surface area contributed by atoms with Gasteiger partial charge in [-0.25, -0.2) is 4.98 Å². The molecule has 1 heterocycles. The molecular weight excluding hydrogens is 230 g/mol. The van der Waals surface area contributed by atoms with Crippen LogP contribution in [0.4, 0.5) is 0 Å². The lowest BCUT2D eigenvalue weighted by atomic mass is 10.1. The van der Waals surface area contributed by atoms with E-state index in [2.05, 4.69) is 15.2 Å². The molecule has 1 fully saturated rings. The summed E-state index contributed by atoms with van der Waals surface area (Å²) in [6.45, 7) is 0. The van der Waals surface area contributed by atoms with Gasteiger partial charge in [0.15, 0.2) is 17.3 Å². The lowest BCUT2D eigenvalue weighted by molar-refractivity contribution is 0.356. The third kappa shape index (κ3) is 1.81. The Morgan fingerprint density at radius 3 is 2.72 bits per heavy atom. The van der Waals surface area contributed by atoms with Gasteiger partial charge < -0.3 is 9.47 Å². The molecule has 3 rings (SSSR count). The number of ether oxygens (including phenoxy) is 2. The average Bonchev–Trinajstić information content (AvgIpc) is 3.15. The van der Waals surface area contributed by atoms with E-state index in [4.69, 9.17) is 9.47 Å². The molecule has 0 unspecified atom stereocenters. The molecule has 0 aliphatic heterocycles. The molecule has 1 aliphatic rings. The number of nitrogens with zero attached hydrogens (tertiary/aromatic N) is 2. The molecule has 1 aromatic carbocycles. The molecule has 1 aliphatic carbocycles. The van der Waals surface area contributed by atoms with E-state index in [0.717, 1.165) is 11.4 Å². The van der Waals surface area contributed by atoms with Crippen LogP contribution in [0.5, 0.6) is 11.5 Å². The van der Waals surface area contributed by atoms with E-state index in [-0.39, 0.29) is 0 Å². The zero-order valence-corrected chi connectivity index (χ0v) is 10.4. The van der Waals surface area contributed by atoms with Gasteiger partial charge in [0.25, 0.3) is 0 Å². The van der Waals surface area contributed by atoms with Crippen molar-refractivity contribution < 1.29 is 9.47 Å². The molecule has 1 aromatic heterocycles. The topological polar surface area (TPSA) is 60.0 Å². The number of H-pyrrole nitrogens is 1. The van der Waals surface area contributed by atoms with Crippen molar-refractivity contribution in [3.8, 4) is 22.9 Å². The third-order valence-electron chi connectivity index (χ3n) is 3.11. The zero-order chi connectivity index (χ0) is 12.5. The highest BCUT2D eigenvalue weighted by Gasteiger charge is 2.27. The highest BCUT2D eigenvalue weighted by molar-refractivity contribution is 5.68. The Hall–Kier alpha value is -2.04. The summed E-state index contributed by atoms with van der Waals surface area (Å²) >= 11 is 0. The maximum absolute atomic E-state index is 5.39. The second-order valence-electron chi connectivity index (χ2n) is 4.36. The van der Waals surface area contributed by atoms with Gasteiger partial charge in [-0.2, -0.15) is 5.10 Å². The quantitative estimate of drug-likeness (QED) is 0.898. The van der Waals surface area contributed by atoms with Crippen molar-refractivity contribution in [3.05, 3.63) is 24.0 Å². The van der Waals surface area contributed by atoms with Gasteiger partial charge in [-0.05, 0) is 25.0 Å². The lowest BCUT2D eigenvalue weighted by Gasteiger charge is -2.09. The average molecular weight is 245 g/mol. The maximum atomic E-state index is 5.39. The minimum Gasteiger partial charge on any atom is -0.493 e. The maximum Gasteiger partial charge on any atom is 0.185 e. The van der Waals surface area contributed by atoms with Crippen molar-refractivity contribution in [2.24, 2.45) is 0 Å². The molecule has 0 amide bonds. The summed E-state index contributed by atoms with van der Waals surface area (Å²) in [6, 6.07) is 5.70. The second kappa shape index (κ2) is 4.33. The Labute approximate surface area is 105 Å². The van der Waals surface area contributed by atoms with Crippen LogP contribution in [-0.4, -0.2) is 29.4 Å². The van der Waals surface area contributed by atoms with Gasteiger partial charge in [-0.15, -0.1) is 0 Å². The first-order chi connectivity index (χ1) is 8.83. The van der Waals surface area contributed by atoms with Crippen LogP contribution in [0, 0.1) is 0 Å². The Morgan fingerprint density at radius 2 is 2.06 bits per heavy atom. The van der Waals surface area contributed by atoms with Crippen LogP contribution in [0.1, 0.15) is 24.6 Å². The number of hydrogen-bond donors (Lipinski definition) is 1. The fourth-order valence-electron chi connectivity index (χ4n) is 2.00. The predicted octanol–water partition coefficient (Wildman–Crippen LogP) is 2.37. The van der Waals surface area contributed by atoms with Gasteiger partial charge in [-0.3, -0.25) is 5.10 Å². The fourth-order valence-corrected chi connectivity index (χ4v) is 2.00. The van der Waals surface area contributed by atoms with E-state index in [9.17, 15) is 0 Å². The van der Waals surface area contributed by atoms with Crippen LogP contribution in [0.2, 0.25) is 0 Å². The first kappa shape index (κ1) is 11.1. The Bertz CT molecular complexity index is 561. The number of nitrogens with one attached hydrogen (secondary N) is 1. The van der Waals surface area contributed by atoms with Gasteiger partial charge in [-0.1, -0.05) is 6.07 Å². The monoisotopic (exact) mass is 245 g/mol. The summed E-state index contributed by atoms with van der Waals surface area (Å²) < 4.78 is 10.7. The predicted molar refractivity (Wildman–Crippen MR) is 66.9 cm³/mol. The first-order valence-corrected chi connectivity index (χ1v) is 5.97. The van der Waals surface area contributed by atoms with Crippen LogP contribution >= 0.6 is 0 Å². The Morgan fingerprint density at radius 1 is 1.22 bits per heavy atom. The molecule has 0 saturated heterocycles. The number of rotatable bonds is 4. The molecule has 94 valence electrons. The minimum absolute atomic E-state index is 0.558. The highest BCUT2D eigenvalue weighted by Crippen LogP contribution is 2.40. The van der Waals surface area contributed by atoms with Gasteiger partial charge in [0.05, 0.1) is 19.8 Å². The Balaban J connectivity index is 2.03. The van der Waals surface area contributed by atoms with Crippen LogP contribution in [0.3, 0.4) is 0 Å².